The Bertz CT molecular complexity index is 997. The summed E-state index contributed by atoms with van der Waals surface area (Å²) in [7, 11) is 0. The van der Waals surface area contributed by atoms with E-state index < -0.39 is 65.1 Å². The van der Waals surface area contributed by atoms with Gasteiger partial charge in [-0.1, -0.05) is 0 Å². The van der Waals surface area contributed by atoms with Crippen LogP contribution in [0.4, 0.5) is 22.7 Å². The van der Waals surface area contributed by atoms with Crippen molar-refractivity contribution < 1.29 is 29.6 Å². The predicted molar refractivity (Wildman–Crippen MR) is 85.5 cm³/mol. The Morgan fingerprint density at radius 1 is 0.741 bits per heavy atom. The van der Waals surface area contributed by atoms with E-state index in [0.29, 0.717) is 18.2 Å². The number of nitrogens with zero attached hydrogens (tertiary/aromatic N) is 4. The summed E-state index contributed by atoms with van der Waals surface area (Å²) in [5, 5.41) is 53.6. The highest BCUT2D eigenvalue weighted by Gasteiger charge is 2.33. The molecule has 14 heteroatoms. The molecule has 2 aromatic carbocycles. The van der Waals surface area contributed by atoms with Gasteiger partial charge in [-0.15, -0.1) is 0 Å². The largest absolute Gasteiger partial charge is 0.478 e. The number of nitro benzene ring substituents is 4. The topological polar surface area (TPSA) is 210 Å². The second-order valence-electron chi connectivity index (χ2n) is 4.92. The van der Waals surface area contributed by atoms with Gasteiger partial charge in [0.25, 0.3) is 22.7 Å². The fourth-order valence-corrected chi connectivity index (χ4v) is 2.31. The molecule has 0 aliphatic rings. The molecule has 0 heterocycles. The Morgan fingerprint density at radius 2 is 1.26 bits per heavy atom. The van der Waals surface area contributed by atoms with Crippen LogP contribution < -0.4 is 0 Å². The molecule has 0 saturated carbocycles. The first kappa shape index (κ1) is 18.8. The summed E-state index contributed by atoms with van der Waals surface area (Å²) >= 11 is 0. The van der Waals surface area contributed by atoms with Gasteiger partial charge < -0.3 is 5.11 Å². The van der Waals surface area contributed by atoms with E-state index in [9.17, 15) is 50.4 Å². The molecule has 0 spiro atoms. The number of carboxylic acids is 1. The number of aromatic carboxylic acids is 1. The first-order valence-corrected chi connectivity index (χ1v) is 6.68. The summed E-state index contributed by atoms with van der Waals surface area (Å²) in [5.41, 5.74) is -5.97. The lowest BCUT2D eigenvalue weighted by atomic mass is 9.95. The molecule has 0 aliphatic carbocycles. The Kier molecular flexibility index (Phi) is 4.74. The monoisotopic (exact) mass is 378 g/mol. The van der Waals surface area contributed by atoms with E-state index >= 15 is 0 Å². The summed E-state index contributed by atoms with van der Waals surface area (Å²) in [6, 6.07) is 3.03. The maximum atomic E-state index is 11.5. The molecule has 0 fully saturated rings. The zero-order valence-corrected chi connectivity index (χ0v) is 12.8. The number of hydrogen-bond donors (Lipinski definition) is 1. The molecule has 2 rings (SSSR count). The highest BCUT2D eigenvalue weighted by molar-refractivity contribution is 6.01. The van der Waals surface area contributed by atoms with E-state index in [1.165, 1.54) is 0 Å². The number of hydrogen-bond acceptors (Lipinski definition) is 9. The highest BCUT2D eigenvalue weighted by Crippen LogP contribution is 2.42. The Hall–Kier alpha value is -4.49. The molecule has 0 amide bonds. The van der Waals surface area contributed by atoms with Crippen LogP contribution in [0, 0.1) is 40.5 Å². The van der Waals surface area contributed by atoms with Crippen LogP contribution in [0.15, 0.2) is 30.3 Å². The van der Waals surface area contributed by atoms with Gasteiger partial charge >= 0.3 is 5.97 Å². The fourth-order valence-electron chi connectivity index (χ4n) is 2.31. The third-order valence-electron chi connectivity index (χ3n) is 3.40. The number of carboxylic acid groups (broad SMARTS) is 1. The second-order valence-corrected chi connectivity index (χ2v) is 4.92. The van der Waals surface area contributed by atoms with Crippen LogP contribution in [0.25, 0.3) is 11.1 Å². The minimum Gasteiger partial charge on any atom is -0.478 e. The van der Waals surface area contributed by atoms with Crippen LogP contribution in [0.2, 0.25) is 0 Å². The van der Waals surface area contributed by atoms with E-state index in [2.05, 4.69) is 0 Å². The quantitative estimate of drug-likeness (QED) is 0.573. The smallest absolute Gasteiger partial charge is 0.336 e. The molecule has 14 nitrogen and oxygen atoms in total. The van der Waals surface area contributed by atoms with Crippen molar-refractivity contribution in [2.24, 2.45) is 0 Å². The van der Waals surface area contributed by atoms with E-state index in [0.717, 1.165) is 12.1 Å². The molecule has 0 saturated heterocycles. The first-order chi connectivity index (χ1) is 12.5. The van der Waals surface area contributed by atoms with Gasteiger partial charge in [0.05, 0.1) is 48.5 Å². The van der Waals surface area contributed by atoms with Crippen molar-refractivity contribution in [3.05, 3.63) is 76.4 Å². The van der Waals surface area contributed by atoms with Crippen LogP contribution in [0.1, 0.15) is 10.4 Å². The van der Waals surface area contributed by atoms with E-state index in [1.807, 2.05) is 0 Å². The van der Waals surface area contributed by atoms with Gasteiger partial charge in [-0.2, -0.15) is 0 Å². The van der Waals surface area contributed by atoms with Crippen molar-refractivity contribution in [1.29, 1.82) is 0 Å². The molecule has 0 unspecified atom stereocenters. The van der Waals surface area contributed by atoms with Gasteiger partial charge in [-0.25, -0.2) is 4.79 Å². The Morgan fingerprint density at radius 3 is 1.70 bits per heavy atom. The standard InChI is InChI=1S/C13H6N4O10/c18-13(19)9-3-7(15(22)23)5-11(17(26)27)12(9)8-2-1-6(14(20)21)4-10(8)16(24)25/h1-5H,(H,18,19). The lowest BCUT2D eigenvalue weighted by Crippen LogP contribution is -2.06. The minimum atomic E-state index is -1.82. The van der Waals surface area contributed by atoms with Gasteiger partial charge in [-0.3, -0.25) is 40.5 Å². The third-order valence-corrected chi connectivity index (χ3v) is 3.40. The molecule has 0 radical (unpaired) electrons. The summed E-state index contributed by atoms with van der Waals surface area (Å²) in [6.45, 7) is 0. The predicted octanol–water partition coefficient (Wildman–Crippen LogP) is 2.68. The fraction of sp³-hybridized carbons (Fsp3) is 0. The van der Waals surface area contributed by atoms with Gasteiger partial charge in [-0.05, 0) is 6.07 Å². The number of rotatable bonds is 6. The molecule has 0 bridgehead atoms. The average molecular weight is 378 g/mol. The van der Waals surface area contributed by atoms with Crippen LogP contribution in [-0.2, 0) is 0 Å². The molecular formula is C13H6N4O10. The van der Waals surface area contributed by atoms with Crippen molar-refractivity contribution in [3.63, 3.8) is 0 Å². The molecule has 0 atom stereocenters. The van der Waals surface area contributed by atoms with E-state index in [-0.39, 0.29) is 0 Å². The van der Waals surface area contributed by atoms with Crippen LogP contribution in [-0.4, -0.2) is 30.8 Å². The average Bonchev–Trinajstić information content (AvgIpc) is 2.59. The number of carbonyl (C=O) groups is 1. The third kappa shape index (κ3) is 3.48. The molecule has 27 heavy (non-hydrogen) atoms. The normalized spacial score (nSPS) is 10.2. The molecule has 0 aliphatic heterocycles. The van der Waals surface area contributed by atoms with Gasteiger partial charge in [0.1, 0.15) is 0 Å². The lowest BCUT2D eigenvalue weighted by molar-refractivity contribution is -0.395. The van der Waals surface area contributed by atoms with Crippen molar-refractivity contribution >= 4 is 28.7 Å². The first-order valence-electron chi connectivity index (χ1n) is 6.68. The summed E-state index contributed by atoms with van der Waals surface area (Å²) in [5.74, 6) is -1.82. The maximum absolute atomic E-state index is 11.5. The number of benzene rings is 2. The van der Waals surface area contributed by atoms with Gasteiger partial charge in [0.2, 0.25) is 0 Å². The van der Waals surface area contributed by atoms with Crippen molar-refractivity contribution in [2.45, 2.75) is 0 Å². The van der Waals surface area contributed by atoms with Crippen LogP contribution >= 0.6 is 0 Å². The van der Waals surface area contributed by atoms with Crippen LogP contribution in [0.5, 0.6) is 0 Å². The molecule has 1 N–H and O–H groups in total. The van der Waals surface area contributed by atoms with E-state index in [4.69, 9.17) is 0 Å². The van der Waals surface area contributed by atoms with Crippen molar-refractivity contribution in [3.8, 4) is 11.1 Å². The molecular weight excluding hydrogens is 372 g/mol. The van der Waals surface area contributed by atoms with Gasteiger partial charge in [0, 0.05) is 12.1 Å². The maximum Gasteiger partial charge on any atom is 0.336 e. The lowest BCUT2D eigenvalue weighted by Gasteiger charge is -2.08. The summed E-state index contributed by atoms with van der Waals surface area (Å²) in [6.07, 6.45) is 0. The second kappa shape index (κ2) is 6.79. The zero-order chi connectivity index (χ0) is 20.5. The summed E-state index contributed by atoms with van der Waals surface area (Å²) < 4.78 is 0. The summed E-state index contributed by atoms with van der Waals surface area (Å²) in [4.78, 5) is 51.5. The number of nitro groups is 4. The number of non-ortho nitro benzene ring substituents is 2. The molecule has 0 aromatic heterocycles. The molecule has 138 valence electrons. The SMILES string of the molecule is O=C(O)c1cc([N+](=O)[O-])cc([N+](=O)[O-])c1-c1ccc([N+](=O)[O-])cc1[N+](=O)[O-]. The van der Waals surface area contributed by atoms with Crippen molar-refractivity contribution in [2.75, 3.05) is 0 Å². The van der Waals surface area contributed by atoms with Crippen molar-refractivity contribution in [1.82, 2.24) is 0 Å². The highest BCUT2D eigenvalue weighted by atomic mass is 16.6. The van der Waals surface area contributed by atoms with Gasteiger partial charge in [0.15, 0.2) is 0 Å². The molecule has 2 aromatic rings. The van der Waals surface area contributed by atoms with E-state index in [1.54, 1.807) is 0 Å². The Labute approximate surface area is 146 Å². The Balaban J connectivity index is 2.99. The van der Waals surface area contributed by atoms with Crippen LogP contribution in [0.3, 0.4) is 0 Å². The minimum absolute atomic E-state index is 0.451. The zero-order valence-electron chi connectivity index (χ0n) is 12.8.